The van der Waals surface area contributed by atoms with E-state index < -0.39 is 0 Å². The van der Waals surface area contributed by atoms with Crippen LogP contribution in [0, 0.1) is 5.82 Å². The molecule has 1 saturated heterocycles. The highest BCUT2D eigenvalue weighted by molar-refractivity contribution is 5.55. The van der Waals surface area contributed by atoms with Crippen molar-refractivity contribution in [1.82, 2.24) is 29.8 Å². The zero-order chi connectivity index (χ0) is 18.1. The maximum atomic E-state index is 14.4. The second-order valence-electron chi connectivity index (χ2n) is 6.95. The summed E-state index contributed by atoms with van der Waals surface area (Å²) in [5, 5.41) is 11.5. The van der Waals surface area contributed by atoms with Gasteiger partial charge in [0.1, 0.15) is 18.5 Å². The van der Waals surface area contributed by atoms with Gasteiger partial charge < -0.3 is 14.0 Å². The van der Waals surface area contributed by atoms with Crippen molar-refractivity contribution in [2.45, 2.75) is 38.3 Å². The quantitative estimate of drug-likeness (QED) is 0.716. The molecule has 0 N–H and O–H groups in total. The van der Waals surface area contributed by atoms with Crippen molar-refractivity contribution in [1.29, 1.82) is 0 Å². The molecule has 0 radical (unpaired) electrons. The maximum Gasteiger partial charge on any atom is 0.230 e. The van der Waals surface area contributed by atoms with Gasteiger partial charge in [0, 0.05) is 23.1 Å². The molecule has 1 aliphatic heterocycles. The average Bonchev–Trinajstić information content (AvgIpc) is 3.31. The first-order chi connectivity index (χ1) is 12.6. The largest absolute Gasteiger partial charge is 0.339 e. The molecule has 0 aliphatic carbocycles. The predicted molar refractivity (Wildman–Crippen MR) is 92.9 cm³/mol. The zero-order valence-electron chi connectivity index (χ0n) is 14.8. The van der Waals surface area contributed by atoms with Crippen molar-refractivity contribution >= 4 is 0 Å². The van der Waals surface area contributed by atoms with E-state index in [0.29, 0.717) is 35.4 Å². The molecule has 136 valence electrons. The Balaban J connectivity index is 1.51. The molecule has 0 bridgehead atoms. The fraction of sp³-hybridized carbons (Fsp3) is 0.444. The Morgan fingerprint density at radius 3 is 2.81 bits per heavy atom. The van der Waals surface area contributed by atoms with E-state index in [2.05, 4.69) is 39.2 Å². The first-order valence-corrected chi connectivity index (χ1v) is 8.75. The number of hydrogen-bond donors (Lipinski definition) is 0. The van der Waals surface area contributed by atoms with Gasteiger partial charge in [-0.2, -0.15) is 4.98 Å². The van der Waals surface area contributed by atoms with Crippen molar-refractivity contribution in [2.75, 3.05) is 13.6 Å². The molecule has 4 rings (SSSR count). The number of benzene rings is 1. The summed E-state index contributed by atoms with van der Waals surface area (Å²) in [6, 6.07) is 5.48. The summed E-state index contributed by atoms with van der Waals surface area (Å²) in [4.78, 5) is 6.85. The molecule has 1 aromatic carbocycles. The van der Waals surface area contributed by atoms with E-state index in [1.807, 2.05) is 6.07 Å². The van der Waals surface area contributed by atoms with Gasteiger partial charge in [0.2, 0.25) is 11.7 Å². The van der Waals surface area contributed by atoms with Gasteiger partial charge in [-0.15, -0.1) is 10.2 Å². The first kappa shape index (κ1) is 16.8. The third kappa shape index (κ3) is 3.37. The van der Waals surface area contributed by atoms with Gasteiger partial charge >= 0.3 is 0 Å². The lowest BCUT2D eigenvalue weighted by Crippen LogP contribution is -2.36. The smallest absolute Gasteiger partial charge is 0.230 e. The summed E-state index contributed by atoms with van der Waals surface area (Å²) < 4.78 is 21.6. The van der Waals surface area contributed by atoms with Gasteiger partial charge in [0.15, 0.2) is 0 Å². The van der Waals surface area contributed by atoms with E-state index in [-0.39, 0.29) is 11.7 Å². The summed E-state index contributed by atoms with van der Waals surface area (Å²) in [5.41, 5.74) is 1.17. The Bertz CT molecular complexity index is 878. The molecule has 7 nitrogen and oxygen atoms in total. The van der Waals surface area contributed by atoms with Crippen LogP contribution in [0.25, 0.3) is 11.4 Å². The highest BCUT2D eigenvalue weighted by Gasteiger charge is 2.28. The highest BCUT2D eigenvalue weighted by Crippen LogP contribution is 2.31. The van der Waals surface area contributed by atoms with Crippen LogP contribution in [0.3, 0.4) is 0 Å². The second kappa shape index (κ2) is 6.95. The summed E-state index contributed by atoms with van der Waals surface area (Å²) >= 11 is 0. The van der Waals surface area contributed by atoms with Gasteiger partial charge in [0.05, 0.1) is 6.54 Å². The molecular weight excluding hydrogens is 335 g/mol. The van der Waals surface area contributed by atoms with E-state index >= 15 is 0 Å². The molecule has 1 aliphatic rings. The third-order valence-electron chi connectivity index (χ3n) is 5.13. The topological polar surface area (TPSA) is 72.9 Å². The molecule has 3 heterocycles. The number of nitrogens with zero attached hydrogens (tertiary/aromatic N) is 6. The predicted octanol–water partition coefficient (Wildman–Crippen LogP) is 2.71. The molecule has 0 amide bonds. The Kier molecular flexibility index (Phi) is 4.50. The minimum absolute atomic E-state index is 0.264. The molecule has 8 heteroatoms. The zero-order valence-corrected chi connectivity index (χ0v) is 14.8. The van der Waals surface area contributed by atoms with Crippen molar-refractivity contribution < 1.29 is 8.91 Å². The Morgan fingerprint density at radius 2 is 2.08 bits per heavy atom. The van der Waals surface area contributed by atoms with Crippen LogP contribution in [-0.2, 0) is 6.54 Å². The van der Waals surface area contributed by atoms with Gasteiger partial charge in [-0.3, -0.25) is 0 Å². The van der Waals surface area contributed by atoms with Crippen LogP contribution >= 0.6 is 0 Å². The standard InChI is InChI=1S/C18H21FN6O/c1-12-7-14(5-6-24(12)2)18-22-17(23-26-18)13-3-4-15(16(19)8-13)9-25-10-20-21-11-25/h3-4,8,10-12,14H,5-7,9H2,1-2H3/t12-,14-/m0/s1. The fourth-order valence-electron chi connectivity index (χ4n) is 3.35. The Hall–Kier alpha value is -2.61. The highest BCUT2D eigenvalue weighted by atomic mass is 19.1. The van der Waals surface area contributed by atoms with Crippen molar-refractivity contribution in [3.8, 4) is 11.4 Å². The van der Waals surface area contributed by atoms with Crippen molar-refractivity contribution in [2.24, 2.45) is 0 Å². The molecule has 1 fully saturated rings. The van der Waals surface area contributed by atoms with Crippen LogP contribution < -0.4 is 0 Å². The van der Waals surface area contributed by atoms with Crippen LogP contribution in [0.4, 0.5) is 4.39 Å². The van der Waals surface area contributed by atoms with E-state index in [1.165, 1.54) is 6.07 Å². The molecule has 26 heavy (non-hydrogen) atoms. The monoisotopic (exact) mass is 356 g/mol. The Labute approximate surface area is 150 Å². The SMILES string of the molecule is C[C@H]1C[C@@H](c2nc(-c3ccc(Cn4cnnc4)c(F)c3)no2)CCN1C. The van der Waals surface area contributed by atoms with Gasteiger partial charge in [-0.25, -0.2) is 4.39 Å². The lowest BCUT2D eigenvalue weighted by atomic mass is 9.92. The summed E-state index contributed by atoms with van der Waals surface area (Å²) in [6.07, 6.45) is 5.10. The number of rotatable bonds is 4. The van der Waals surface area contributed by atoms with E-state index in [0.717, 1.165) is 19.4 Å². The molecule has 0 unspecified atom stereocenters. The van der Waals surface area contributed by atoms with Crippen LogP contribution in [0.2, 0.25) is 0 Å². The van der Waals surface area contributed by atoms with Crippen molar-refractivity contribution in [3.05, 3.63) is 48.1 Å². The minimum Gasteiger partial charge on any atom is -0.339 e. The lowest BCUT2D eigenvalue weighted by Gasteiger charge is -2.33. The van der Waals surface area contributed by atoms with Crippen LogP contribution in [0.15, 0.2) is 35.4 Å². The summed E-state index contributed by atoms with van der Waals surface area (Å²) in [5.74, 6) is 1.03. The molecule has 0 saturated carbocycles. The molecule has 0 spiro atoms. The number of likely N-dealkylation sites (tertiary alicyclic amines) is 1. The number of aromatic nitrogens is 5. The summed E-state index contributed by atoms with van der Waals surface area (Å²) in [6.45, 7) is 3.59. The van der Waals surface area contributed by atoms with E-state index in [4.69, 9.17) is 4.52 Å². The average molecular weight is 356 g/mol. The van der Waals surface area contributed by atoms with Gasteiger partial charge in [-0.1, -0.05) is 17.3 Å². The van der Waals surface area contributed by atoms with Crippen molar-refractivity contribution in [3.63, 3.8) is 0 Å². The fourth-order valence-corrected chi connectivity index (χ4v) is 3.35. The first-order valence-electron chi connectivity index (χ1n) is 8.75. The molecule has 3 aromatic rings. The van der Waals surface area contributed by atoms with E-state index in [9.17, 15) is 4.39 Å². The van der Waals surface area contributed by atoms with Gasteiger partial charge in [0.25, 0.3) is 0 Å². The third-order valence-corrected chi connectivity index (χ3v) is 5.13. The van der Waals surface area contributed by atoms with Crippen LogP contribution in [0.5, 0.6) is 0 Å². The Morgan fingerprint density at radius 1 is 1.27 bits per heavy atom. The minimum atomic E-state index is -0.310. The maximum absolute atomic E-state index is 14.4. The number of halogens is 1. The second-order valence-corrected chi connectivity index (χ2v) is 6.95. The molecular formula is C18H21FN6O. The summed E-state index contributed by atoms with van der Waals surface area (Å²) in [7, 11) is 2.13. The normalized spacial score (nSPS) is 21.2. The number of piperidine rings is 1. The lowest BCUT2D eigenvalue weighted by molar-refractivity contribution is 0.166. The van der Waals surface area contributed by atoms with Gasteiger partial charge in [-0.05, 0) is 39.4 Å². The molecule has 2 aromatic heterocycles. The van der Waals surface area contributed by atoms with E-state index in [1.54, 1.807) is 23.3 Å². The number of hydrogen-bond acceptors (Lipinski definition) is 6. The van der Waals surface area contributed by atoms with Crippen LogP contribution in [0.1, 0.15) is 37.1 Å². The molecule has 2 atom stereocenters. The van der Waals surface area contributed by atoms with Crippen LogP contribution in [-0.4, -0.2) is 49.4 Å².